The number of nitrogens with zero attached hydrogens (tertiary/aromatic N) is 6. The fraction of sp³-hybridized carbons (Fsp3) is 0.400. The monoisotopic (exact) mass is 346 g/mol. The molecule has 0 aliphatic carbocycles. The zero-order valence-electron chi connectivity index (χ0n) is 14.7. The molecule has 4 heterocycles. The third kappa shape index (κ3) is 2.90. The first-order valence-electron chi connectivity index (χ1n) is 9.32. The van der Waals surface area contributed by atoms with Gasteiger partial charge in [-0.2, -0.15) is 0 Å². The summed E-state index contributed by atoms with van der Waals surface area (Å²) in [5, 5.41) is 0. The van der Waals surface area contributed by atoms with Gasteiger partial charge in [-0.25, -0.2) is 4.98 Å². The third-order valence-corrected chi connectivity index (χ3v) is 5.72. The first-order chi connectivity index (χ1) is 12.9. The Morgan fingerprint density at radius 1 is 0.962 bits per heavy atom. The molecule has 2 unspecified atom stereocenters. The van der Waals surface area contributed by atoms with E-state index in [2.05, 4.69) is 24.8 Å². The molecule has 6 heteroatoms. The zero-order chi connectivity index (χ0) is 17.3. The average molecular weight is 346 g/mol. The van der Waals surface area contributed by atoms with Crippen molar-refractivity contribution in [3.05, 3.63) is 54.7 Å². The summed E-state index contributed by atoms with van der Waals surface area (Å²) in [5.74, 6) is 1.77. The van der Waals surface area contributed by atoms with E-state index in [1.54, 1.807) is 12.4 Å². The maximum atomic E-state index is 4.84. The molecule has 0 radical (unpaired) electrons. The van der Waals surface area contributed by atoms with Crippen molar-refractivity contribution in [1.29, 1.82) is 0 Å². The number of benzene rings is 1. The third-order valence-electron chi connectivity index (χ3n) is 5.72. The van der Waals surface area contributed by atoms with E-state index in [1.807, 2.05) is 36.7 Å². The van der Waals surface area contributed by atoms with E-state index >= 15 is 0 Å². The Balaban J connectivity index is 1.36. The predicted molar refractivity (Wildman–Crippen MR) is 101 cm³/mol. The van der Waals surface area contributed by atoms with E-state index in [0.29, 0.717) is 6.04 Å². The molecule has 2 aromatic heterocycles. The molecule has 0 N–H and O–H groups in total. The van der Waals surface area contributed by atoms with Crippen LogP contribution in [-0.4, -0.2) is 50.5 Å². The highest BCUT2D eigenvalue weighted by Gasteiger charge is 2.38. The number of hydrogen-bond donors (Lipinski definition) is 0. The molecule has 0 amide bonds. The molecule has 132 valence electrons. The molecule has 2 fully saturated rings. The van der Waals surface area contributed by atoms with Crippen molar-refractivity contribution in [2.24, 2.45) is 5.92 Å². The highest BCUT2D eigenvalue weighted by atomic mass is 15.3. The van der Waals surface area contributed by atoms with Crippen molar-refractivity contribution < 1.29 is 0 Å². The van der Waals surface area contributed by atoms with Crippen molar-refractivity contribution >= 4 is 16.9 Å². The lowest BCUT2D eigenvalue weighted by atomic mass is 9.92. The van der Waals surface area contributed by atoms with Gasteiger partial charge in [-0.1, -0.05) is 12.1 Å². The van der Waals surface area contributed by atoms with Crippen LogP contribution in [0.4, 0.5) is 5.82 Å². The lowest BCUT2D eigenvalue weighted by molar-refractivity contribution is 0.198. The minimum Gasteiger partial charge on any atom is -0.354 e. The Bertz CT molecular complexity index is 899. The van der Waals surface area contributed by atoms with Crippen LogP contribution in [0, 0.1) is 5.92 Å². The number of aromatic nitrogens is 4. The van der Waals surface area contributed by atoms with Crippen LogP contribution in [0.3, 0.4) is 0 Å². The maximum Gasteiger partial charge on any atom is 0.147 e. The van der Waals surface area contributed by atoms with Gasteiger partial charge < -0.3 is 4.90 Å². The van der Waals surface area contributed by atoms with E-state index in [4.69, 9.17) is 4.98 Å². The quantitative estimate of drug-likeness (QED) is 0.726. The van der Waals surface area contributed by atoms with Gasteiger partial charge >= 0.3 is 0 Å². The van der Waals surface area contributed by atoms with Gasteiger partial charge in [0.25, 0.3) is 0 Å². The Morgan fingerprint density at radius 2 is 1.85 bits per heavy atom. The topological polar surface area (TPSA) is 58.0 Å². The number of piperidine rings is 1. The molecule has 5 rings (SSSR count). The van der Waals surface area contributed by atoms with Gasteiger partial charge in [0.05, 0.1) is 22.9 Å². The van der Waals surface area contributed by atoms with Crippen LogP contribution in [0.25, 0.3) is 11.0 Å². The molecule has 2 atom stereocenters. The Morgan fingerprint density at radius 3 is 2.73 bits per heavy atom. The zero-order valence-corrected chi connectivity index (χ0v) is 14.7. The van der Waals surface area contributed by atoms with E-state index in [9.17, 15) is 0 Å². The predicted octanol–water partition coefficient (Wildman–Crippen LogP) is 2.52. The van der Waals surface area contributed by atoms with Crippen LogP contribution in [0.2, 0.25) is 0 Å². The normalized spacial score (nSPS) is 23.3. The number of likely N-dealkylation sites (tertiary alicyclic amines) is 1. The smallest absolute Gasteiger partial charge is 0.147 e. The Hall–Kier alpha value is -2.60. The highest BCUT2D eigenvalue weighted by molar-refractivity contribution is 5.75. The minimum atomic E-state index is 0.555. The lowest BCUT2D eigenvalue weighted by Crippen LogP contribution is -2.48. The molecule has 2 aliphatic heterocycles. The van der Waals surface area contributed by atoms with Crippen LogP contribution in [-0.2, 0) is 6.54 Å². The molecule has 2 saturated heterocycles. The van der Waals surface area contributed by atoms with Crippen molar-refractivity contribution in [1.82, 2.24) is 24.8 Å². The molecule has 0 bridgehead atoms. The Kier molecular flexibility index (Phi) is 3.97. The molecule has 26 heavy (non-hydrogen) atoms. The second-order valence-corrected chi connectivity index (χ2v) is 7.23. The summed E-state index contributed by atoms with van der Waals surface area (Å²) < 4.78 is 0. The molecule has 0 saturated carbocycles. The van der Waals surface area contributed by atoms with E-state index in [0.717, 1.165) is 54.6 Å². The standard InChI is InChI=1S/C20H22N6/c1-2-4-18-17(3-1)23-12-20(24-18)26-10-6-15-5-9-25(19(15)14-26)13-16-11-21-7-8-22-16/h1-4,7-8,11-12,15,19H,5-6,9-10,13-14H2. The van der Waals surface area contributed by atoms with Gasteiger partial charge in [-0.05, 0) is 37.4 Å². The van der Waals surface area contributed by atoms with Gasteiger partial charge in [0.15, 0.2) is 0 Å². The second kappa shape index (κ2) is 6.61. The first kappa shape index (κ1) is 15.6. The van der Waals surface area contributed by atoms with Crippen LogP contribution >= 0.6 is 0 Å². The number of para-hydroxylation sites is 2. The summed E-state index contributed by atoms with van der Waals surface area (Å²) in [6.07, 6.45) is 9.81. The molecule has 3 aromatic rings. The van der Waals surface area contributed by atoms with Crippen LogP contribution in [0.1, 0.15) is 18.5 Å². The van der Waals surface area contributed by atoms with Crippen LogP contribution in [0.5, 0.6) is 0 Å². The van der Waals surface area contributed by atoms with Gasteiger partial charge in [-0.15, -0.1) is 0 Å². The van der Waals surface area contributed by atoms with Crippen LogP contribution < -0.4 is 4.90 Å². The summed E-state index contributed by atoms with van der Waals surface area (Å²) in [5.41, 5.74) is 2.97. The summed E-state index contributed by atoms with van der Waals surface area (Å²) >= 11 is 0. The van der Waals surface area contributed by atoms with Crippen molar-refractivity contribution in [2.75, 3.05) is 24.5 Å². The number of rotatable bonds is 3. The summed E-state index contributed by atoms with van der Waals surface area (Å²) in [7, 11) is 0. The lowest BCUT2D eigenvalue weighted by Gasteiger charge is -2.39. The Labute approximate surface area is 152 Å². The molecule has 2 aliphatic rings. The van der Waals surface area contributed by atoms with Crippen molar-refractivity contribution in [3.8, 4) is 0 Å². The summed E-state index contributed by atoms with van der Waals surface area (Å²) in [6.45, 7) is 4.10. The fourth-order valence-corrected chi connectivity index (χ4v) is 4.35. The average Bonchev–Trinajstić information content (AvgIpc) is 3.10. The first-order valence-corrected chi connectivity index (χ1v) is 9.32. The van der Waals surface area contributed by atoms with Crippen molar-refractivity contribution in [2.45, 2.75) is 25.4 Å². The SMILES string of the molecule is c1ccc2nc(N3CCC4CCN(Cc5cnccn5)C4C3)cnc2c1. The van der Waals surface area contributed by atoms with Crippen molar-refractivity contribution in [3.63, 3.8) is 0 Å². The van der Waals surface area contributed by atoms with Gasteiger partial charge in [0, 0.05) is 44.3 Å². The van der Waals surface area contributed by atoms with Gasteiger partial charge in [0.1, 0.15) is 5.82 Å². The van der Waals surface area contributed by atoms with Gasteiger partial charge in [-0.3, -0.25) is 19.9 Å². The van der Waals surface area contributed by atoms with E-state index in [1.165, 1.54) is 12.8 Å². The minimum absolute atomic E-state index is 0.555. The summed E-state index contributed by atoms with van der Waals surface area (Å²) in [4.78, 5) is 23.1. The van der Waals surface area contributed by atoms with Gasteiger partial charge in [0.2, 0.25) is 0 Å². The highest BCUT2D eigenvalue weighted by Crippen LogP contribution is 2.34. The largest absolute Gasteiger partial charge is 0.354 e. The van der Waals surface area contributed by atoms with Crippen LogP contribution in [0.15, 0.2) is 49.1 Å². The maximum absolute atomic E-state index is 4.84. The number of anilines is 1. The number of fused-ring (bicyclic) bond motifs is 2. The molecular formula is C20H22N6. The fourth-order valence-electron chi connectivity index (χ4n) is 4.35. The molecule has 6 nitrogen and oxygen atoms in total. The molecule has 1 aromatic carbocycles. The van der Waals surface area contributed by atoms with E-state index < -0.39 is 0 Å². The van der Waals surface area contributed by atoms with E-state index in [-0.39, 0.29) is 0 Å². The second-order valence-electron chi connectivity index (χ2n) is 7.23. The molecular weight excluding hydrogens is 324 g/mol. The molecule has 0 spiro atoms. The number of hydrogen-bond acceptors (Lipinski definition) is 6. The summed E-state index contributed by atoms with van der Waals surface area (Å²) in [6, 6.07) is 8.63.